The second-order valence-corrected chi connectivity index (χ2v) is 8.16. The molecule has 0 radical (unpaired) electrons. The molecule has 2 aromatic heterocycles. The maximum Gasteiger partial charge on any atom is 0.431 e. The molecule has 4 aromatic rings. The summed E-state index contributed by atoms with van der Waals surface area (Å²) >= 11 is 5.99. The summed E-state index contributed by atoms with van der Waals surface area (Å²) in [6.45, 7) is -0.0338. The number of carbonyl (C=O) groups excluding carboxylic acids is 1. The second-order valence-electron chi connectivity index (χ2n) is 7.73. The Morgan fingerprint density at radius 2 is 1.76 bits per heavy atom. The van der Waals surface area contributed by atoms with Gasteiger partial charge in [0.25, 0.3) is 5.91 Å². The van der Waals surface area contributed by atoms with E-state index in [-0.39, 0.29) is 24.3 Å². The summed E-state index contributed by atoms with van der Waals surface area (Å²) in [5, 5.41) is 0.441. The Hall–Kier alpha value is -3.65. The minimum atomic E-state index is -4.67. The number of alkyl halides is 3. The van der Waals surface area contributed by atoms with Gasteiger partial charge in [-0.1, -0.05) is 54.1 Å². The van der Waals surface area contributed by atoms with Crippen molar-refractivity contribution in [2.24, 2.45) is 0 Å². The number of aromatic nitrogens is 3. The van der Waals surface area contributed by atoms with Crippen LogP contribution >= 0.6 is 11.6 Å². The van der Waals surface area contributed by atoms with Crippen molar-refractivity contribution in [2.45, 2.75) is 19.3 Å². The van der Waals surface area contributed by atoms with Crippen LogP contribution in [0.15, 0.2) is 79.3 Å². The van der Waals surface area contributed by atoms with Crippen LogP contribution in [-0.4, -0.2) is 32.4 Å². The molecule has 0 N–H and O–H groups in total. The molecule has 0 aliphatic carbocycles. The third kappa shape index (κ3) is 5.12. The normalized spacial score (nSPS) is 11.4. The number of hydrogen-bond acceptors (Lipinski definition) is 3. The van der Waals surface area contributed by atoms with Gasteiger partial charge < -0.3 is 9.47 Å². The molecule has 2 aromatic carbocycles. The van der Waals surface area contributed by atoms with Gasteiger partial charge in [-0.05, 0) is 29.3 Å². The Labute approximate surface area is 199 Å². The molecule has 0 saturated carbocycles. The minimum Gasteiger partial charge on any atom is -0.334 e. The first kappa shape index (κ1) is 23.5. The van der Waals surface area contributed by atoms with E-state index in [2.05, 4.69) is 9.97 Å². The van der Waals surface area contributed by atoms with Gasteiger partial charge in [0.1, 0.15) is 11.4 Å². The van der Waals surface area contributed by atoms with Crippen molar-refractivity contribution in [3.63, 3.8) is 0 Å². The van der Waals surface area contributed by atoms with Gasteiger partial charge >= 0.3 is 6.18 Å². The Bertz CT molecular complexity index is 1270. The lowest BCUT2D eigenvalue weighted by atomic mass is 10.0. The molecule has 0 atom stereocenters. The number of benzene rings is 2. The largest absolute Gasteiger partial charge is 0.431 e. The molecule has 0 aliphatic heterocycles. The van der Waals surface area contributed by atoms with Gasteiger partial charge in [0.15, 0.2) is 0 Å². The van der Waals surface area contributed by atoms with Crippen LogP contribution in [-0.2, 0) is 19.3 Å². The summed E-state index contributed by atoms with van der Waals surface area (Å²) in [6.07, 6.45) is -0.163. The topological polar surface area (TPSA) is 51.0 Å². The predicted molar refractivity (Wildman–Crippen MR) is 123 cm³/mol. The van der Waals surface area contributed by atoms with Crippen molar-refractivity contribution >= 4 is 17.5 Å². The van der Waals surface area contributed by atoms with Crippen molar-refractivity contribution in [1.82, 2.24) is 19.4 Å². The van der Waals surface area contributed by atoms with Crippen molar-refractivity contribution in [3.8, 4) is 11.1 Å². The molecule has 5 nitrogen and oxygen atoms in total. The third-order valence-corrected chi connectivity index (χ3v) is 5.54. The molecule has 1 amide bonds. The first-order valence-corrected chi connectivity index (χ1v) is 10.7. The van der Waals surface area contributed by atoms with E-state index < -0.39 is 17.8 Å². The molecule has 0 fully saturated rings. The van der Waals surface area contributed by atoms with E-state index in [1.54, 1.807) is 54.6 Å². The Balaban J connectivity index is 1.87. The van der Waals surface area contributed by atoms with E-state index in [0.29, 0.717) is 21.8 Å². The summed E-state index contributed by atoms with van der Waals surface area (Å²) < 4.78 is 43.5. The van der Waals surface area contributed by atoms with Gasteiger partial charge in [-0.2, -0.15) is 13.2 Å². The fourth-order valence-electron chi connectivity index (χ4n) is 3.70. The lowest BCUT2D eigenvalue weighted by Gasteiger charge is -2.21. The zero-order valence-corrected chi connectivity index (χ0v) is 18.9. The molecule has 174 valence electrons. The number of halogens is 4. The molecular formula is C25H20ClF3N4O. The van der Waals surface area contributed by atoms with Gasteiger partial charge in [-0.15, -0.1) is 0 Å². The van der Waals surface area contributed by atoms with Crippen LogP contribution in [0.3, 0.4) is 0 Å². The molecule has 0 bridgehead atoms. The Morgan fingerprint density at radius 3 is 2.38 bits per heavy atom. The van der Waals surface area contributed by atoms with E-state index in [4.69, 9.17) is 11.6 Å². The summed E-state index contributed by atoms with van der Waals surface area (Å²) in [5.74, 6) is -0.568. The third-order valence-electron chi connectivity index (χ3n) is 5.29. The molecule has 0 aliphatic rings. The Kier molecular flexibility index (Phi) is 6.70. The smallest absolute Gasteiger partial charge is 0.334 e. The molecule has 0 saturated heterocycles. The van der Waals surface area contributed by atoms with Crippen LogP contribution in [0, 0.1) is 0 Å². The highest BCUT2D eigenvalue weighted by atomic mass is 35.5. The van der Waals surface area contributed by atoms with Crippen LogP contribution in [0.1, 0.15) is 27.4 Å². The van der Waals surface area contributed by atoms with Gasteiger partial charge in [0, 0.05) is 36.6 Å². The van der Waals surface area contributed by atoms with Crippen LogP contribution in [0.4, 0.5) is 13.2 Å². The fourth-order valence-corrected chi connectivity index (χ4v) is 3.83. The quantitative estimate of drug-likeness (QED) is 0.340. The number of carbonyl (C=O) groups is 1. The van der Waals surface area contributed by atoms with E-state index in [0.717, 1.165) is 10.6 Å². The van der Waals surface area contributed by atoms with Crippen molar-refractivity contribution in [2.75, 3.05) is 7.05 Å². The van der Waals surface area contributed by atoms with Crippen molar-refractivity contribution in [3.05, 3.63) is 107 Å². The van der Waals surface area contributed by atoms with Crippen molar-refractivity contribution in [1.29, 1.82) is 0 Å². The molecule has 4 rings (SSSR count). The number of amides is 1. The van der Waals surface area contributed by atoms with Crippen molar-refractivity contribution < 1.29 is 18.0 Å². The molecule has 2 heterocycles. The highest BCUT2D eigenvalue weighted by Gasteiger charge is 2.38. The zero-order chi connectivity index (χ0) is 24.3. The number of rotatable bonds is 6. The highest BCUT2D eigenvalue weighted by molar-refractivity contribution is 6.30. The van der Waals surface area contributed by atoms with Gasteiger partial charge in [-0.3, -0.25) is 14.8 Å². The number of hydrogen-bond donors (Lipinski definition) is 0. The lowest BCUT2D eigenvalue weighted by molar-refractivity contribution is -0.143. The van der Waals surface area contributed by atoms with E-state index in [1.165, 1.54) is 30.5 Å². The van der Waals surface area contributed by atoms with E-state index >= 15 is 0 Å². The van der Waals surface area contributed by atoms with E-state index in [9.17, 15) is 18.0 Å². The summed E-state index contributed by atoms with van der Waals surface area (Å²) in [4.78, 5) is 23.1. The van der Waals surface area contributed by atoms with Gasteiger partial charge in [0.2, 0.25) is 0 Å². The van der Waals surface area contributed by atoms with Crippen LogP contribution in [0.5, 0.6) is 0 Å². The second kappa shape index (κ2) is 9.69. The predicted octanol–water partition coefficient (Wildman–Crippen LogP) is 5.94. The van der Waals surface area contributed by atoms with Gasteiger partial charge in [-0.25, -0.2) is 0 Å². The minimum absolute atomic E-state index is 0.0649. The van der Waals surface area contributed by atoms with Crippen LogP contribution in [0.25, 0.3) is 11.1 Å². The monoisotopic (exact) mass is 484 g/mol. The maximum absolute atomic E-state index is 14.2. The highest BCUT2D eigenvalue weighted by Crippen LogP contribution is 2.38. The Morgan fingerprint density at radius 1 is 1.06 bits per heavy atom. The zero-order valence-electron chi connectivity index (χ0n) is 18.1. The SMILES string of the molecule is CN(Cc1cnccn1)C(=O)c1c(-c2ccc(Cl)cc2)cc(C(F)(F)F)n1Cc1ccccc1. The fraction of sp³-hybridized carbons (Fsp3) is 0.160. The van der Waals surface area contributed by atoms with Crippen LogP contribution in [0.2, 0.25) is 5.02 Å². The molecule has 9 heteroatoms. The summed E-state index contributed by atoms with van der Waals surface area (Å²) in [7, 11) is 1.52. The maximum atomic E-state index is 14.2. The molecule has 34 heavy (non-hydrogen) atoms. The first-order valence-electron chi connectivity index (χ1n) is 10.3. The summed E-state index contributed by atoms with van der Waals surface area (Å²) in [6, 6.07) is 16.1. The molecule has 0 spiro atoms. The average Bonchev–Trinajstić information content (AvgIpc) is 3.20. The van der Waals surface area contributed by atoms with E-state index in [1.807, 2.05) is 0 Å². The lowest BCUT2D eigenvalue weighted by Crippen LogP contribution is -2.30. The van der Waals surface area contributed by atoms with Gasteiger partial charge in [0.05, 0.1) is 18.4 Å². The molecular weight excluding hydrogens is 465 g/mol. The molecule has 0 unspecified atom stereocenters. The standard InChI is InChI=1S/C25H20ClF3N4O/c1-32(16-20-14-30-11-12-31-20)24(34)23-21(18-7-9-19(26)10-8-18)13-22(25(27,28)29)33(23)15-17-5-3-2-4-6-17/h2-14H,15-16H2,1H3. The van der Waals surface area contributed by atoms with Crippen LogP contribution < -0.4 is 0 Å². The number of nitrogens with zero attached hydrogens (tertiary/aromatic N) is 4. The average molecular weight is 485 g/mol. The summed E-state index contributed by atoms with van der Waals surface area (Å²) in [5.41, 5.74) is 0.816. The first-order chi connectivity index (χ1) is 16.2.